The maximum atomic E-state index is 13.6. The summed E-state index contributed by atoms with van der Waals surface area (Å²) in [6.45, 7) is 2.43. The first-order valence-corrected chi connectivity index (χ1v) is 11.4. The molecule has 1 aliphatic rings. The van der Waals surface area contributed by atoms with Crippen LogP contribution in [0.3, 0.4) is 0 Å². The van der Waals surface area contributed by atoms with E-state index in [2.05, 4.69) is 24.9 Å². The Kier molecular flexibility index (Phi) is 6.38. The zero-order chi connectivity index (χ0) is 24.2. The normalized spacial score (nSPS) is 15.6. The van der Waals surface area contributed by atoms with Gasteiger partial charge in [0.05, 0.1) is 11.7 Å². The first-order chi connectivity index (χ1) is 17.1. The Labute approximate surface area is 201 Å². The van der Waals surface area contributed by atoms with Crippen molar-refractivity contribution >= 4 is 5.91 Å². The van der Waals surface area contributed by atoms with Crippen LogP contribution in [0, 0.1) is 12.7 Å². The standard InChI is InChI=1S/C26H23FN6O2/c1-17-13-24(35-20-10-8-19(27)9-11-20)32-25(30-17)23-7-2-3-12-33(23)26(34)22-6-4-5-21(31-22)18-14-28-16-29-15-18/h4-6,8-11,13-16,23H,2-3,7,12H2,1H3/t23-/m1/s1. The molecule has 5 rings (SSSR count). The summed E-state index contributed by atoms with van der Waals surface area (Å²) in [5, 5.41) is 0. The van der Waals surface area contributed by atoms with Gasteiger partial charge in [-0.25, -0.2) is 24.3 Å². The number of nitrogens with zero attached hydrogens (tertiary/aromatic N) is 6. The fraction of sp³-hybridized carbons (Fsp3) is 0.231. The van der Waals surface area contributed by atoms with Crippen LogP contribution in [0.4, 0.5) is 4.39 Å². The number of carbonyl (C=O) groups is 1. The number of amides is 1. The zero-order valence-electron chi connectivity index (χ0n) is 19.1. The number of piperidine rings is 1. The number of rotatable bonds is 5. The second kappa shape index (κ2) is 9.92. The van der Waals surface area contributed by atoms with Crippen LogP contribution in [0.2, 0.25) is 0 Å². The molecule has 35 heavy (non-hydrogen) atoms. The molecular weight excluding hydrogens is 447 g/mol. The molecule has 9 heteroatoms. The molecule has 0 N–H and O–H groups in total. The molecule has 1 fully saturated rings. The van der Waals surface area contributed by atoms with Crippen LogP contribution in [-0.2, 0) is 0 Å². The molecule has 8 nitrogen and oxygen atoms in total. The summed E-state index contributed by atoms with van der Waals surface area (Å²) in [5.74, 6) is 0.812. The van der Waals surface area contributed by atoms with Gasteiger partial charge in [-0.15, -0.1) is 0 Å². The highest BCUT2D eigenvalue weighted by Gasteiger charge is 2.32. The highest BCUT2D eigenvalue weighted by atomic mass is 19.1. The second-order valence-electron chi connectivity index (χ2n) is 8.31. The summed E-state index contributed by atoms with van der Waals surface area (Å²) in [6.07, 6.45) is 7.35. The summed E-state index contributed by atoms with van der Waals surface area (Å²) >= 11 is 0. The minimum atomic E-state index is -0.342. The third kappa shape index (κ3) is 5.13. The van der Waals surface area contributed by atoms with E-state index in [0.717, 1.165) is 24.8 Å². The quantitative estimate of drug-likeness (QED) is 0.408. The largest absolute Gasteiger partial charge is 0.439 e. The molecule has 1 aromatic carbocycles. The Morgan fingerprint density at radius 3 is 2.63 bits per heavy atom. The van der Waals surface area contributed by atoms with Crippen LogP contribution >= 0.6 is 0 Å². The molecular formula is C26H23FN6O2. The van der Waals surface area contributed by atoms with Crippen molar-refractivity contribution in [3.8, 4) is 22.9 Å². The minimum absolute atomic E-state index is 0.181. The zero-order valence-corrected chi connectivity index (χ0v) is 19.1. The van der Waals surface area contributed by atoms with E-state index in [1.807, 2.05) is 13.0 Å². The van der Waals surface area contributed by atoms with Crippen molar-refractivity contribution in [2.75, 3.05) is 6.54 Å². The molecule has 1 atom stereocenters. The van der Waals surface area contributed by atoms with Gasteiger partial charge in [0.2, 0.25) is 5.88 Å². The Hall–Kier alpha value is -4.27. The number of hydrogen-bond donors (Lipinski definition) is 0. The Bertz CT molecular complexity index is 1330. The molecule has 1 aliphatic heterocycles. The number of halogens is 1. The Morgan fingerprint density at radius 1 is 1.03 bits per heavy atom. The monoisotopic (exact) mass is 470 g/mol. The number of hydrogen-bond acceptors (Lipinski definition) is 7. The van der Waals surface area contributed by atoms with Gasteiger partial charge in [-0.3, -0.25) is 4.79 Å². The van der Waals surface area contributed by atoms with E-state index in [4.69, 9.17) is 4.74 Å². The molecule has 1 saturated heterocycles. The summed E-state index contributed by atoms with van der Waals surface area (Å²) in [4.78, 5) is 37.2. The smallest absolute Gasteiger partial charge is 0.273 e. The number of aromatic nitrogens is 5. The summed E-state index contributed by atoms with van der Waals surface area (Å²) in [6, 6.07) is 12.5. The number of likely N-dealkylation sites (tertiary alicyclic amines) is 1. The first-order valence-electron chi connectivity index (χ1n) is 11.4. The van der Waals surface area contributed by atoms with E-state index in [1.165, 1.54) is 18.5 Å². The number of benzene rings is 1. The van der Waals surface area contributed by atoms with Crippen molar-refractivity contribution in [3.05, 3.63) is 90.3 Å². The number of aryl methyl sites for hydroxylation is 1. The number of carbonyl (C=O) groups excluding carboxylic acids is 1. The molecule has 3 aromatic heterocycles. The highest BCUT2D eigenvalue weighted by molar-refractivity contribution is 5.93. The minimum Gasteiger partial charge on any atom is -0.439 e. The van der Waals surface area contributed by atoms with Crippen molar-refractivity contribution in [3.63, 3.8) is 0 Å². The van der Waals surface area contributed by atoms with Gasteiger partial charge < -0.3 is 9.64 Å². The van der Waals surface area contributed by atoms with E-state index in [9.17, 15) is 9.18 Å². The lowest BCUT2D eigenvalue weighted by molar-refractivity contribution is 0.0592. The van der Waals surface area contributed by atoms with E-state index in [1.54, 1.807) is 47.6 Å². The third-order valence-electron chi connectivity index (χ3n) is 5.77. The van der Waals surface area contributed by atoms with E-state index >= 15 is 0 Å². The Morgan fingerprint density at radius 2 is 1.83 bits per heavy atom. The average molecular weight is 471 g/mol. The SMILES string of the molecule is Cc1cc(Oc2ccc(F)cc2)nc([C@H]2CCCCN2C(=O)c2cccc(-c3cncnc3)n2)n1. The lowest BCUT2D eigenvalue weighted by atomic mass is 10.0. The van der Waals surface area contributed by atoms with Gasteiger partial charge in [-0.05, 0) is 62.6 Å². The van der Waals surface area contributed by atoms with Crippen molar-refractivity contribution in [1.29, 1.82) is 0 Å². The number of ether oxygens (including phenoxy) is 1. The van der Waals surface area contributed by atoms with E-state index in [-0.39, 0.29) is 17.8 Å². The number of pyridine rings is 1. The van der Waals surface area contributed by atoms with Gasteiger partial charge in [0.1, 0.15) is 23.6 Å². The van der Waals surface area contributed by atoms with Crippen LogP contribution in [0.1, 0.15) is 47.3 Å². The molecule has 4 heterocycles. The molecule has 0 aliphatic carbocycles. The van der Waals surface area contributed by atoms with Gasteiger partial charge in [0, 0.05) is 36.3 Å². The van der Waals surface area contributed by atoms with Crippen molar-refractivity contribution in [1.82, 2.24) is 29.8 Å². The Balaban J connectivity index is 1.42. The molecule has 0 saturated carbocycles. The lowest BCUT2D eigenvalue weighted by Gasteiger charge is -2.34. The van der Waals surface area contributed by atoms with Crippen molar-refractivity contribution in [2.24, 2.45) is 0 Å². The maximum absolute atomic E-state index is 13.6. The fourth-order valence-corrected chi connectivity index (χ4v) is 4.12. The fourth-order valence-electron chi connectivity index (χ4n) is 4.12. The third-order valence-corrected chi connectivity index (χ3v) is 5.77. The van der Waals surface area contributed by atoms with Crippen LogP contribution in [0.15, 0.2) is 67.3 Å². The summed E-state index contributed by atoms with van der Waals surface area (Å²) in [7, 11) is 0. The lowest BCUT2D eigenvalue weighted by Crippen LogP contribution is -2.39. The van der Waals surface area contributed by atoms with Gasteiger partial charge in [0.25, 0.3) is 5.91 Å². The van der Waals surface area contributed by atoms with Crippen molar-refractivity contribution in [2.45, 2.75) is 32.2 Å². The van der Waals surface area contributed by atoms with Crippen LogP contribution in [-0.4, -0.2) is 42.3 Å². The molecule has 0 bridgehead atoms. The molecule has 1 amide bonds. The topological polar surface area (TPSA) is 94.0 Å². The van der Waals surface area contributed by atoms with E-state index < -0.39 is 0 Å². The van der Waals surface area contributed by atoms with Crippen molar-refractivity contribution < 1.29 is 13.9 Å². The second-order valence-corrected chi connectivity index (χ2v) is 8.31. The molecule has 4 aromatic rings. The molecule has 0 radical (unpaired) electrons. The first kappa shape index (κ1) is 22.5. The van der Waals surface area contributed by atoms with Crippen LogP contribution in [0.5, 0.6) is 11.6 Å². The maximum Gasteiger partial charge on any atom is 0.273 e. The highest BCUT2D eigenvalue weighted by Crippen LogP contribution is 2.32. The predicted octanol–water partition coefficient (Wildman–Crippen LogP) is 4.94. The van der Waals surface area contributed by atoms with E-state index in [0.29, 0.717) is 41.1 Å². The predicted molar refractivity (Wildman–Crippen MR) is 126 cm³/mol. The average Bonchev–Trinajstić information content (AvgIpc) is 2.90. The van der Waals surface area contributed by atoms with Gasteiger partial charge >= 0.3 is 0 Å². The van der Waals surface area contributed by atoms with Crippen LogP contribution < -0.4 is 4.74 Å². The molecule has 0 spiro atoms. The molecule has 176 valence electrons. The van der Waals surface area contributed by atoms with Gasteiger partial charge in [-0.2, -0.15) is 4.98 Å². The van der Waals surface area contributed by atoms with Crippen LogP contribution in [0.25, 0.3) is 11.3 Å². The van der Waals surface area contributed by atoms with Gasteiger partial charge in [0.15, 0.2) is 5.82 Å². The summed E-state index contributed by atoms with van der Waals surface area (Å²) < 4.78 is 19.1. The summed E-state index contributed by atoms with van der Waals surface area (Å²) in [5.41, 5.74) is 2.43. The molecule has 0 unspecified atom stereocenters. The van der Waals surface area contributed by atoms with Gasteiger partial charge in [-0.1, -0.05) is 6.07 Å².